The van der Waals surface area contributed by atoms with Crippen LogP contribution < -0.4 is 0 Å². The van der Waals surface area contributed by atoms with Crippen molar-refractivity contribution in [2.75, 3.05) is 45.9 Å². The molecule has 0 unspecified atom stereocenters. The summed E-state index contributed by atoms with van der Waals surface area (Å²) in [6.07, 6.45) is 0.438. The Morgan fingerprint density at radius 1 is 1.14 bits per heavy atom. The molecule has 2 heterocycles. The van der Waals surface area contributed by atoms with Gasteiger partial charge < -0.3 is 9.64 Å². The van der Waals surface area contributed by atoms with Gasteiger partial charge >= 0.3 is 0 Å². The Morgan fingerprint density at radius 2 is 1.83 bits per heavy atom. The van der Waals surface area contributed by atoms with E-state index in [1.165, 1.54) is 17.1 Å². The van der Waals surface area contributed by atoms with Crippen molar-refractivity contribution in [1.82, 2.24) is 14.8 Å². The Hall–Kier alpha value is -2.81. The van der Waals surface area contributed by atoms with Crippen molar-refractivity contribution in [2.24, 2.45) is 11.0 Å². The fraction of sp³-hybridized carbons (Fsp3) is 0.444. The number of benzene rings is 2. The topological polar surface area (TPSA) is 65.5 Å². The maximum atomic E-state index is 13.6. The zero-order chi connectivity index (χ0) is 25.7. The average Bonchev–Trinajstić information content (AvgIpc) is 3.32. The number of hydrogen-bond acceptors (Lipinski definition) is 5. The van der Waals surface area contributed by atoms with Gasteiger partial charge in [0.1, 0.15) is 12.4 Å². The lowest BCUT2D eigenvalue weighted by Crippen LogP contribution is -2.47. The molecule has 1 atom stereocenters. The molecule has 0 aromatic heterocycles. The molecule has 192 valence electrons. The molecule has 36 heavy (non-hydrogen) atoms. The Bertz CT molecular complexity index is 1100. The summed E-state index contributed by atoms with van der Waals surface area (Å²) in [5.74, 6) is -0.935. The quantitative estimate of drug-likeness (QED) is 0.534. The normalized spacial score (nSPS) is 18.4. The van der Waals surface area contributed by atoms with Gasteiger partial charge in [0.15, 0.2) is 0 Å². The van der Waals surface area contributed by atoms with E-state index in [4.69, 9.17) is 16.3 Å². The van der Waals surface area contributed by atoms with Crippen molar-refractivity contribution < 1.29 is 18.7 Å². The Kier molecular flexibility index (Phi) is 8.72. The highest BCUT2D eigenvalue weighted by molar-refractivity contribution is 6.31. The molecule has 2 amide bonds. The number of carbonyl (C=O) groups excluding carboxylic acids is 2. The highest BCUT2D eigenvalue weighted by Crippen LogP contribution is 2.36. The van der Waals surface area contributed by atoms with E-state index >= 15 is 0 Å². The largest absolute Gasteiger partial charge is 0.379 e. The van der Waals surface area contributed by atoms with Crippen LogP contribution in [0.4, 0.5) is 4.39 Å². The van der Waals surface area contributed by atoms with Gasteiger partial charge in [-0.2, -0.15) is 5.10 Å². The second-order valence-corrected chi connectivity index (χ2v) is 9.81. The predicted octanol–water partition coefficient (Wildman–Crippen LogP) is 3.97. The molecule has 0 radical (unpaired) electrons. The number of ether oxygens (including phenoxy) is 1. The summed E-state index contributed by atoms with van der Waals surface area (Å²) in [4.78, 5) is 30.5. The first-order valence-corrected chi connectivity index (χ1v) is 12.7. The van der Waals surface area contributed by atoms with Gasteiger partial charge in [-0.25, -0.2) is 9.40 Å². The molecule has 2 aliphatic rings. The Balaban J connectivity index is 1.57. The molecule has 1 fully saturated rings. The summed E-state index contributed by atoms with van der Waals surface area (Å²) in [7, 11) is 0. The molecule has 2 aromatic carbocycles. The molecule has 0 bridgehead atoms. The van der Waals surface area contributed by atoms with Gasteiger partial charge in [-0.15, -0.1) is 0 Å². The molecular formula is C27H32ClFN4O3. The highest BCUT2D eigenvalue weighted by atomic mass is 35.5. The SMILES string of the molecule is CC(C)C(=O)N(CCN1CCOCC1)CC(=O)N1N=C(c2ccc(F)cc2)C[C@@H]1c1ccccc1Cl. The lowest BCUT2D eigenvalue weighted by Gasteiger charge is -2.32. The number of hydrogen-bond donors (Lipinski definition) is 0. The number of amides is 2. The van der Waals surface area contributed by atoms with Crippen LogP contribution in [-0.2, 0) is 14.3 Å². The van der Waals surface area contributed by atoms with E-state index < -0.39 is 6.04 Å². The van der Waals surface area contributed by atoms with E-state index in [9.17, 15) is 14.0 Å². The Morgan fingerprint density at radius 3 is 2.50 bits per heavy atom. The highest BCUT2D eigenvalue weighted by Gasteiger charge is 2.35. The summed E-state index contributed by atoms with van der Waals surface area (Å²) >= 11 is 6.50. The van der Waals surface area contributed by atoms with Crippen LogP contribution in [0.5, 0.6) is 0 Å². The number of rotatable bonds is 8. The first-order valence-electron chi connectivity index (χ1n) is 12.3. The monoisotopic (exact) mass is 514 g/mol. The van der Waals surface area contributed by atoms with Crippen LogP contribution in [0.2, 0.25) is 5.02 Å². The third-order valence-electron chi connectivity index (χ3n) is 6.53. The molecule has 4 rings (SSSR count). The van der Waals surface area contributed by atoms with E-state index in [0.29, 0.717) is 43.5 Å². The number of hydrazone groups is 1. The van der Waals surface area contributed by atoms with Crippen molar-refractivity contribution in [1.29, 1.82) is 0 Å². The first kappa shape index (κ1) is 26.3. The molecule has 0 N–H and O–H groups in total. The molecule has 0 saturated carbocycles. The fourth-order valence-electron chi connectivity index (χ4n) is 4.50. The zero-order valence-electron chi connectivity index (χ0n) is 20.7. The van der Waals surface area contributed by atoms with Crippen molar-refractivity contribution in [2.45, 2.75) is 26.3 Å². The van der Waals surface area contributed by atoms with Crippen LogP contribution in [0, 0.1) is 11.7 Å². The van der Waals surface area contributed by atoms with E-state index in [-0.39, 0.29) is 30.1 Å². The van der Waals surface area contributed by atoms with E-state index in [1.54, 1.807) is 23.1 Å². The van der Waals surface area contributed by atoms with Crippen molar-refractivity contribution in [3.8, 4) is 0 Å². The van der Waals surface area contributed by atoms with E-state index in [1.807, 2.05) is 32.0 Å². The van der Waals surface area contributed by atoms with Gasteiger partial charge in [-0.3, -0.25) is 14.5 Å². The van der Waals surface area contributed by atoms with Crippen LogP contribution in [0.1, 0.15) is 37.4 Å². The molecule has 9 heteroatoms. The zero-order valence-corrected chi connectivity index (χ0v) is 21.5. The Labute approximate surface area is 216 Å². The smallest absolute Gasteiger partial charge is 0.262 e. The van der Waals surface area contributed by atoms with Crippen LogP contribution in [-0.4, -0.2) is 78.3 Å². The molecule has 2 aliphatic heterocycles. The second kappa shape index (κ2) is 12.0. The average molecular weight is 515 g/mol. The molecule has 1 saturated heterocycles. The van der Waals surface area contributed by atoms with Gasteiger partial charge in [0.2, 0.25) is 5.91 Å². The predicted molar refractivity (Wildman–Crippen MR) is 137 cm³/mol. The summed E-state index contributed by atoms with van der Waals surface area (Å²) in [5.41, 5.74) is 2.19. The summed E-state index contributed by atoms with van der Waals surface area (Å²) in [6, 6.07) is 13.0. The van der Waals surface area contributed by atoms with Crippen molar-refractivity contribution in [3.63, 3.8) is 0 Å². The first-order chi connectivity index (χ1) is 17.3. The summed E-state index contributed by atoms with van der Waals surface area (Å²) in [5, 5.41) is 6.63. The number of morpholine rings is 1. The lowest BCUT2D eigenvalue weighted by molar-refractivity contribution is -0.143. The maximum absolute atomic E-state index is 13.6. The van der Waals surface area contributed by atoms with Crippen LogP contribution in [0.15, 0.2) is 53.6 Å². The van der Waals surface area contributed by atoms with E-state index in [2.05, 4.69) is 10.0 Å². The van der Waals surface area contributed by atoms with Crippen LogP contribution in [0.25, 0.3) is 0 Å². The second-order valence-electron chi connectivity index (χ2n) is 9.40. The summed E-state index contributed by atoms with van der Waals surface area (Å²) in [6.45, 7) is 7.67. The molecular weight excluding hydrogens is 483 g/mol. The van der Waals surface area contributed by atoms with Gasteiger partial charge in [0.25, 0.3) is 5.91 Å². The molecule has 0 aliphatic carbocycles. The maximum Gasteiger partial charge on any atom is 0.262 e. The molecule has 0 spiro atoms. The van der Waals surface area contributed by atoms with Crippen LogP contribution >= 0.6 is 11.6 Å². The number of carbonyl (C=O) groups is 2. The van der Waals surface area contributed by atoms with Gasteiger partial charge in [-0.05, 0) is 29.3 Å². The fourth-order valence-corrected chi connectivity index (χ4v) is 4.76. The summed E-state index contributed by atoms with van der Waals surface area (Å²) < 4.78 is 18.9. The van der Waals surface area contributed by atoms with Crippen LogP contribution in [0.3, 0.4) is 0 Å². The molecule has 2 aromatic rings. The number of nitrogens with zero attached hydrogens (tertiary/aromatic N) is 4. The van der Waals surface area contributed by atoms with E-state index in [0.717, 1.165) is 24.2 Å². The number of halogens is 2. The minimum Gasteiger partial charge on any atom is -0.379 e. The third-order valence-corrected chi connectivity index (χ3v) is 6.87. The molecule has 7 nitrogen and oxygen atoms in total. The van der Waals surface area contributed by atoms with Gasteiger partial charge in [0.05, 0.1) is 25.0 Å². The van der Waals surface area contributed by atoms with Crippen molar-refractivity contribution >= 4 is 29.1 Å². The minimum absolute atomic E-state index is 0.0761. The van der Waals surface area contributed by atoms with Gasteiger partial charge in [-0.1, -0.05) is 55.8 Å². The minimum atomic E-state index is -0.415. The van der Waals surface area contributed by atoms with Gasteiger partial charge in [0, 0.05) is 43.5 Å². The van der Waals surface area contributed by atoms with Crippen molar-refractivity contribution in [3.05, 3.63) is 70.5 Å². The standard InChI is InChI=1S/C27H32ClFN4O3/c1-19(2)27(35)32(12-11-31-13-15-36-16-14-31)18-26(34)33-25(22-5-3-4-6-23(22)28)17-24(30-33)20-7-9-21(29)10-8-20/h3-10,19,25H,11-18H2,1-2H3/t25-/m1/s1. The lowest BCUT2D eigenvalue weighted by atomic mass is 9.98. The third kappa shape index (κ3) is 6.30.